The van der Waals surface area contributed by atoms with Crippen LogP contribution in [0.4, 0.5) is 0 Å². The minimum Gasteiger partial charge on any atom is -0.291 e. The van der Waals surface area contributed by atoms with Crippen LogP contribution < -0.4 is 0 Å². The fraction of sp³-hybridized carbons (Fsp3) is 0.556. The summed E-state index contributed by atoms with van der Waals surface area (Å²) in [6.45, 7) is 3.35. The van der Waals surface area contributed by atoms with Crippen LogP contribution in [0.5, 0.6) is 0 Å². The smallest absolute Gasteiger partial charge is 0.0832 e. The Hall–Kier alpha value is -0.630. The molecule has 0 saturated carbocycles. The molecular formula is C9H13N2. The number of aliphatic imine (C=N–C) groups is 1. The van der Waals surface area contributed by atoms with Crippen LogP contribution in [-0.2, 0) is 0 Å². The van der Waals surface area contributed by atoms with Crippen molar-refractivity contribution in [2.75, 3.05) is 19.6 Å². The van der Waals surface area contributed by atoms with E-state index in [1.54, 1.807) is 0 Å². The normalized spacial score (nSPS) is 26.5. The van der Waals surface area contributed by atoms with Gasteiger partial charge in [0.05, 0.1) is 12.6 Å². The fourth-order valence-electron chi connectivity index (χ4n) is 1.62. The maximum absolute atomic E-state index is 4.21. The maximum Gasteiger partial charge on any atom is 0.0832 e. The molecule has 0 bridgehead atoms. The lowest BCUT2D eigenvalue weighted by Gasteiger charge is -2.22. The molecule has 2 aliphatic heterocycles. The summed E-state index contributed by atoms with van der Waals surface area (Å²) in [7, 11) is 0. The van der Waals surface area contributed by atoms with Gasteiger partial charge < -0.3 is 0 Å². The van der Waals surface area contributed by atoms with Crippen LogP contribution in [0, 0.1) is 6.04 Å². The highest BCUT2D eigenvalue weighted by Crippen LogP contribution is 2.19. The summed E-state index contributed by atoms with van der Waals surface area (Å²) in [5.74, 6) is 0. The van der Waals surface area contributed by atoms with Gasteiger partial charge in [0.25, 0.3) is 0 Å². The van der Waals surface area contributed by atoms with E-state index in [2.05, 4.69) is 16.0 Å². The van der Waals surface area contributed by atoms with Crippen LogP contribution >= 0.6 is 0 Å². The molecule has 0 aromatic rings. The first-order chi connectivity index (χ1) is 5.47. The van der Waals surface area contributed by atoms with Gasteiger partial charge in [-0.05, 0) is 32.0 Å². The van der Waals surface area contributed by atoms with Crippen molar-refractivity contribution in [3.05, 3.63) is 18.2 Å². The van der Waals surface area contributed by atoms with E-state index in [-0.39, 0.29) is 0 Å². The van der Waals surface area contributed by atoms with Crippen LogP contribution in [0.25, 0.3) is 0 Å². The largest absolute Gasteiger partial charge is 0.291 e. The van der Waals surface area contributed by atoms with Gasteiger partial charge in [0.1, 0.15) is 0 Å². The standard InChI is InChI=1S/C9H13N2/c1-2-7-11(6-1)9-4-3-5-10-8-9/h3-5H,1-2,6-8H2. The lowest BCUT2D eigenvalue weighted by Crippen LogP contribution is -2.27. The number of nitrogens with zero attached hydrogens (tertiary/aromatic N) is 2. The van der Waals surface area contributed by atoms with Crippen LogP contribution in [0.1, 0.15) is 12.8 Å². The van der Waals surface area contributed by atoms with Gasteiger partial charge in [-0.3, -0.25) is 9.89 Å². The van der Waals surface area contributed by atoms with Gasteiger partial charge in [0.2, 0.25) is 0 Å². The minimum atomic E-state index is 0.885. The molecule has 2 aliphatic rings. The molecule has 0 unspecified atom stereocenters. The van der Waals surface area contributed by atoms with Crippen molar-refractivity contribution in [1.29, 1.82) is 0 Å². The summed E-state index contributed by atoms with van der Waals surface area (Å²) < 4.78 is 0. The summed E-state index contributed by atoms with van der Waals surface area (Å²) >= 11 is 0. The van der Waals surface area contributed by atoms with Gasteiger partial charge in [0.15, 0.2) is 0 Å². The first-order valence-corrected chi connectivity index (χ1v) is 4.24. The van der Waals surface area contributed by atoms with E-state index >= 15 is 0 Å². The molecule has 1 saturated heterocycles. The summed E-state index contributed by atoms with van der Waals surface area (Å²) in [6.07, 6.45) is 8.77. The fourth-order valence-corrected chi connectivity index (χ4v) is 1.62. The van der Waals surface area contributed by atoms with E-state index in [0.717, 1.165) is 6.54 Å². The van der Waals surface area contributed by atoms with Crippen molar-refractivity contribution < 1.29 is 0 Å². The predicted molar refractivity (Wildman–Crippen MR) is 46.5 cm³/mol. The average Bonchev–Trinajstić information content (AvgIpc) is 2.58. The zero-order valence-electron chi connectivity index (χ0n) is 6.66. The highest BCUT2D eigenvalue weighted by molar-refractivity contribution is 5.73. The Kier molecular flexibility index (Phi) is 2.04. The summed E-state index contributed by atoms with van der Waals surface area (Å²) in [5.41, 5.74) is 0. The monoisotopic (exact) mass is 149 g/mol. The molecule has 2 heterocycles. The van der Waals surface area contributed by atoms with Crippen LogP contribution in [0.2, 0.25) is 0 Å². The van der Waals surface area contributed by atoms with Crippen molar-refractivity contribution in [2.45, 2.75) is 12.8 Å². The zero-order valence-corrected chi connectivity index (χ0v) is 6.66. The molecule has 0 amide bonds. The summed E-state index contributed by atoms with van der Waals surface area (Å²) in [4.78, 5) is 6.65. The third-order valence-electron chi connectivity index (χ3n) is 2.25. The zero-order chi connectivity index (χ0) is 7.52. The van der Waals surface area contributed by atoms with Gasteiger partial charge in [-0.15, -0.1) is 0 Å². The second-order valence-corrected chi connectivity index (χ2v) is 3.03. The molecule has 0 aromatic heterocycles. The first kappa shape index (κ1) is 7.04. The van der Waals surface area contributed by atoms with E-state index in [9.17, 15) is 0 Å². The highest BCUT2D eigenvalue weighted by atomic mass is 15.2. The SMILES string of the molecule is C1=C[C](N2CCCC2)CN=C1. The topological polar surface area (TPSA) is 15.6 Å². The van der Waals surface area contributed by atoms with E-state index in [1.165, 1.54) is 32.0 Å². The van der Waals surface area contributed by atoms with Gasteiger partial charge >= 0.3 is 0 Å². The summed E-state index contributed by atoms with van der Waals surface area (Å²) in [6, 6.07) is 1.39. The van der Waals surface area contributed by atoms with Crippen LogP contribution in [-0.4, -0.2) is 30.7 Å². The Morgan fingerprint density at radius 3 is 2.73 bits per heavy atom. The molecule has 2 rings (SSSR count). The lowest BCUT2D eigenvalue weighted by atomic mass is 10.2. The Morgan fingerprint density at radius 2 is 2.09 bits per heavy atom. The molecule has 2 nitrogen and oxygen atoms in total. The number of hydrogen-bond donors (Lipinski definition) is 0. The first-order valence-electron chi connectivity index (χ1n) is 4.24. The van der Waals surface area contributed by atoms with Crippen LogP contribution in [0.3, 0.4) is 0 Å². The number of allylic oxidation sites excluding steroid dienone is 1. The van der Waals surface area contributed by atoms with Crippen molar-refractivity contribution >= 4 is 6.21 Å². The molecule has 1 fully saturated rings. The molecule has 1 radical (unpaired) electrons. The molecule has 0 spiro atoms. The van der Waals surface area contributed by atoms with Crippen LogP contribution in [0.15, 0.2) is 17.1 Å². The van der Waals surface area contributed by atoms with E-state index in [0.29, 0.717) is 0 Å². The Bertz CT molecular complexity index is 178. The highest BCUT2D eigenvalue weighted by Gasteiger charge is 2.20. The second-order valence-electron chi connectivity index (χ2n) is 3.03. The second kappa shape index (κ2) is 3.18. The average molecular weight is 149 g/mol. The Morgan fingerprint density at radius 1 is 1.27 bits per heavy atom. The summed E-state index contributed by atoms with van der Waals surface area (Å²) in [5, 5.41) is 0. The molecule has 0 aromatic carbocycles. The predicted octanol–water partition coefficient (Wildman–Crippen LogP) is 1.25. The third kappa shape index (κ3) is 1.51. The quantitative estimate of drug-likeness (QED) is 0.548. The molecule has 0 atom stereocenters. The molecule has 59 valence electrons. The molecule has 0 aliphatic carbocycles. The Balaban J connectivity index is 1.94. The van der Waals surface area contributed by atoms with E-state index in [1.807, 2.05) is 12.3 Å². The molecular weight excluding hydrogens is 136 g/mol. The lowest BCUT2D eigenvalue weighted by molar-refractivity contribution is 0.370. The van der Waals surface area contributed by atoms with E-state index < -0.39 is 0 Å². The molecule has 11 heavy (non-hydrogen) atoms. The minimum absolute atomic E-state index is 0.885. The van der Waals surface area contributed by atoms with Crippen molar-refractivity contribution in [3.8, 4) is 0 Å². The van der Waals surface area contributed by atoms with E-state index in [4.69, 9.17) is 0 Å². The number of rotatable bonds is 1. The number of hydrogen-bond acceptors (Lipinski definition) is 2. The van der Waals surface area contributed by atoms with Crippen molar-refractivity contribution in [1.82, 2.24) is 4.90 Å². The van der Waals surface area contributed by atoms with Gasteiger partial charge in [-0.2, -0.15) is 0 Å². The number of likely N-dealkylation sites (tertiary alicyclic amines) is 1. The van der Waals surface area contributed by atoms with Gasteiger partial charge in [-0.1, -0.05) is 6.08 Å². The van der Waals surface area contributed by atoms with Crippen molar-refractivity contribution in [2.24, 2.45) is 4.99 Å². The van der Waals surface area contributed by atoms with Crippen molar-refractivity contribution in [3.63, 3.8) is 0 Å². The third-order valence-corrected chi connectivity index (χ3v) is 2.25. The molecule has 0 N–H and O–H groups in total. The molecule has 2 heteroatoms. The maximum atomic E-state index is 4.21. The van der Waals surface area contributed by atoms with Gasteiger partial charge in [0, 0.05) is 6.21 Å². The Labute approximate surface area is 67.6 Å². The van der Waals surface area contributed by atoms with Gasteiger partial charge in [-0.25, -0.2) is 0 Å². The number of dihydropyridines is 1.